The van der Waals surface area contributed by atoms with Gasteiger partial charge < -0.3 is 15.2 Å². The van der Waals surface area contributed by atoms with E-state index in [0.717, 1.165) is 12.8 Å². The highest BCUT2D eigenvalue weighted by Crippen LogP contribution is 2.13. The van der Waals surface area contributed by atoms with Gasteiger partial charge >= 0.3 is 5.97 Å². The molecule has 0 saturated carbocycles. The van der Waals surface area contributed by atoms with E-state index in [9.17, 15) is 4.79 Å². The van der Waals surface area contributed by atoms with Gasteiger partial charge in [0.05, 0.1) is 19.6 Å². The van der Waals surface area contributed by atoms with Crippen LogP contribution in [0.1, 0.15) is 33.1 Å². The molecule has 0 aliphatic carbocycles. The fourth-order valence-corrected chi connectivity index (χ4v) is 1.62. The number of carbonyl (C=O) groups excluding carboxylic acids is 1. The first-order chi connectivity index (χ1) is 9.15. The first-order valence-electron chi connectivity index (χ1n) is 6.79. The summed E-state index contributed by atoms with van der Waals surface area (Å²) in [4.78, 5) is 11.5. The van der Waals surface area contributed by atoms with Crippen LogP contribution in [0.4, 0.5) is 5.69 Å². The van der Waals surface area contributed by atoms with Crippen molar-refractivity contribution in [3.05, 3.63) is 24.3 Å². The summed E-state index contributed by atoms with van der Waals surface area (Å²) < 4.78 is 10.6. The molecule has 0 spiro atoms. The van der Waals surface area contributed by atoms with Crippen LogP contribution in [-0.2, 0) is 9.53 Å². The van der Waals surface area contributed by atoms with Crippen molar-refractivity contribution in [3.63, 3.8) is 0 Å². The quantitative estimate of drug-likeness (QED) is 0.579. The fourth-order valence-electron chi connectivity index (χ4n) is 1.62. The van der Waals surface area contributed by atoms with Crippen molar-refractivity contribution in [2.75, 3.05) is 18.9 Å². The number of hydrogen-bond acceptors (Lipinski definition) is 4. The molecule has 4 nitrogen and oxygen atoms in total. The maximum absolute atomic E-state index is 11.5. The lowest BCUT2D eigenvalue weighted by Gasteiger charge is -2.12. The summed E-state index contributed by atoms with van der Waals surface area (Å²) in [6.07, 6.45) is 2.34. The van der Waals surface area contributed by atoms with Crippen LogP contribution in [-0.4, -0.2) is 19.2 Å². The molecule has 0 amide bonds. The summed E-state index contributed by atoms with van der Waals surface area (Å²) in [6, 6.07) is 7.09. The smallest absolute Gasteiger partial charge is 0.309 e. The molecule has 2 N–H and O–H groups in total. The van der Waals surface area contributed by atoms with Crippen molar-refractivity contribution in [1.29, 1.82) is 0 Å². The molecule has 0 bridgehead atoms. The second-order valence-electron chi connectivity index (χ2n) is 4.53. The number of anilines is 1. The number of esters is 1. The Morgan fingerprint density at radius 3 is 2.42 bits per heavy atom. The van der Waals surface area contributed by atoms with E-state index in [4.69, 9.17) is 15.2 Å². The van der Waals surface area contributed by atoms with Gasteiger partial charge in [0.2, 0.25) is 0 Å². The van der Waals surface area contributed by atoms with Crippen molar-refractivity contribution in [3.8, 4) is 5.75 Å². The average Bonchev–Trinajstić information content (AvgIpc) is 2.42. The minimum Gasteiger partial charge on any atom is -0.493 e. The van der Waals surface area contributed by atoms with Crippen molar-refractivity contribution in [2.45, 2.75) is 33.1 Å². The van der Waals surface area contributed by atoms with Gasteiger partial charge in [-0.2, -0.15) is 0 Å². The van der Waals surface area contributed by atoms with E-state index in [2.05, 4.69) is 13.8 Å². The van der Waals surface area contributed by atoms with Crippen LogP contribution in [0, 0.1) is 5.92 Å². The highest BCUT2D eigenvalue weighted by molar-refractivity contribution is 5.69. The van der Waals surface area contributed by atoms with Crippen LogP contribution in [0.5, 0.6) is 5.75 Å². The van der Waals surface area contributed by atoms with E-state index in [1.807, 2.05) is 0 Å². The molecule has 0 aromatic heterocycles. The summed E-state index contributed by atoms with van der Waals surface area (Å²) in [5, 5.41) is 0. The number of carbonyl (C=O) groups is 1. The Labute approximate surface area is 114 Å². The first kappa shape index (κ1) is 15.3. The first-order valence-corrected chi connectivity index (χ1v) is 6.79. The minimum absolute atomic E-state index is 0.206. The Kier molecular flexibility index (Phi) is 6.79. The predicted molar refractivity (Wildman–Crippen MR) is 76.0 cm³/mol. The number of rotatable bonds is 8. The van der Waals surface area contributed by atoms with E-state index in [0.29, 0.717) is 30.6 Å². The summed E-state index contributed by atoms with van der Waals surface area (Å²) in [5.74, 6) is 0.964. The van der Waals surface area contributed by atoms with E-state index in [-0.39, 0.29) is 12.4 Å². The summed E-state index contributed by atoms with van der Waals surface area (Å²) in [6.45, 7) is 5.04. The zero-order chi connectivity index (χ0) is 14.1. The molecule has 106 valence electrons. The SMILES string of the molecule is CCC(CC)COC(=O)CCOc1ccc(N)cc1. The van der Waals surface area contributed by atoms with Crippen molar-refractivity contribution < 1.29 is 14.3 Å². The highest BCUT2D eigenvalue weighted by Gasteiger charge is 2.08. The largest absolute Gasteiger partial charge is 0.493 e. The molecule has 1 aromatic carbocycles. The summed E-state index contributed by atoms with van der Waals surface area (Å²) in [5.41, 5.74) is 6.26. The van der Waals surface area contributed by atoms with Gasteiger partial charge in [-0.25, -0.2) is 0 Å². The van der Waals surface area contributed by atoms with E-state index in [1.54, 1.807) is 24.3 Å². The molecular formula is C15H23NO3. The summed E-state index contributed by atoms with van der Waals surface area (Å²) >= 11 is 0. The molecule has 0 aliphatic heterocycles. The molecule has 19 heavy (non-hydrogen) atoms. The number of benzene rings is 1. The molecule has 0 atom stereocenters. The van der Waals surface area contributed by atoms with Crippen LogP contribution in [0.3, 0.4) is 0 Å². The van der Waals surface area contributed by atoms with Gasteiger partial charge in [0.15, 0.2) is 0 Å². The Morgan fingerprint density at radius 2 is 1.84 bits per heavy atom. The molecule has 0 aliphatic rings. The highest BCUT2D eigenvalue weighted by atomic mass is 16.5. The maximum atomic E-state index is 11.5. The van der Waals surface area contributed by atoms with Crippen LogP contribution >= 0.6 is 0 Å². The topological polar surface area (TPSA) is 61.5 Å². The van der Waals surface area contributed by atoms with E-state index in [1.165, 1.54) is 0 Å². The number of hydrogen-bond donors (Lipinski definition) is 1. The van der Waals surface area contributed by atoms with Gasteiger partial charge in [-0.15, -0.1) is 0 Å². The third-order valence-corrected chi connectivity index (χ3v) is 3.09. The summed E-state index contributed by atoms with van der Waals surface area (Å²) in [7, 11) is 0. The Morgan fingerprint density at radius 1 is 1.21 bits per heavy atom. The van der Waals surface area contributed by atoms with Gasteiger partial charge in [-0.1, -0.05) is 26.7 Å². The van der Waals surface area contributed by atoms with Crippen molar-refractivity contribution >= 4 is 11.7 Å². The molecule has 4 heteroatoms. The third-order valence-electron chi connectivity index (χ3n) is 3.09. The standard InChI is InChI=1S/C15H23NO3/c1-3-12(4-2)11-19-15(17)9-10-18-14-7-5-13(16)6-8-14/h5-8,12H,3-4,9-11,16H2,1-2H3. The van der Waals surface area contributed by atoms with Gasteiger partial charge in [0.25, 0.3) is 0 Å². The van der Waals surface area contributed by atoms with Crippen LogP contribution in [0.15, 0.2) is 24.3 Å². The van der Waals surface area contributed by atoms with Crippen molar-refractivity contribution in [1.82, 2.24) is 0 Å². The number of nitrogens with two attached hydrogens (primary N) is 1. The Balaban J connectivity index is 2.18. The van der Waals surface area contributed by atoms with Crippen LogP contribution < -0.4 is 10.5 Å². The lowest BCUT2D eigenvalue weighted by molar-refractivity contribution is -0.145. The van der Waals surface area contributed by atoms with Gasteiger partial charge in [0.1, 0.15) is 5.75 Å². The Bertz CT molecular complexity index is 371. The zero-order valence-corrected chi connectivity index (χ0v) is 11.7. The second kappa shape index (κ2) is 8.40. The second-order valence-corrected chi connectivity index (χ2v) is 4.53. The number of nitrogen functional groups attached to an aromatic ring is 1. The third kappa shape index (κ3) is 6.13. The predicted octanol–water partition coefficient (Wildman–Crippen LogP) is 3.02. The molecule has 0 radical (unpaired) electrons. The zero-order valence-electron chi connectivity index (χ0n) is 11.7. The van der Waals surface area contributed by atoms with Gasteiger partial charge in [0, 0.05) is 5.69 Å². The van der Waals surface area contributed by atoms with Crippen LogP contribution in [0.25, 0.3) is 0 Å². The van der Waals surface area contributed by atoms with Crippen molar-refractivity contribution in [2.24, 2.45) is 5.92 Å². The molecule has 0 heterocycles. The van der Waals surface area contributed by atoms with Crippen LogP contribution in [0.2, 0.25) is 0 Å². The average molecular weight is 265 g/mol. The van der Waals surface area contributed by atoms with E-state index >= 15 is 0 Å². The molecule has 1 rings (SSSR count). The van der Waals surface area contributed by atoms with E-state index < -0.39 is 0 Å². The minimum atomic E-state index is -0.206. The molecule has 1 aromatic rings. The normalized spacial score (nSPS) is 10.5. The maximum Gasteiger partial charge on any atom is 0.309 e. The lowest BCUT2D eigenvalue weighted by Crippen LogP contribution is -2.15. The molecule has 0 unspecified atom stereocenters. The fraction of sp³-hybridized carbons (Fsp3) is 0.533. The van der Waals surface area contributed by atoms with Gasteiger partial charge in [-0.3, -0.25) is 4.79 Å². The Hall–Kier alpha value is -1.71. The number of ether oxygens (including phenoxy) is 2. The van der Waals surface area contributed by atoms with Gasteiger partial charge in [-0.05, 0) is 30.2 Å². The lowest BCUT2D eigenvalue weighted by atomic mass is 10.1. The molecular weight excluding hydrogens is 242 g/mol. The monoisotopic (exact) mass is 265 g/mol. The molecule has 0 fully saturated rings. The molecule has 0 saturated heterocycles.